The number of amides is 1. The van der Waals surface area contributed by atoms with E-state index in [9.17, 15) is 14.7 Å². The number of hydrogen-bond donors (Lipinski definition) is 1. The van der Waals surface area contributed by atoms with Crippen molar-refractivity contribution in [2.75, 3.05) is 13.7 Å². The van der Waals surface area contributed by atoms with E-state index >= 15 is 0 Å². The smallest absolute Gasteiger partial charge is 0.312 e. The summed E-state index contributed by atoms with van der Waals surface area (Å²) in [6.07, 6.45) is 0. The van der Waals surface area contributed by atoms with E-state index in [0.29, 0.717) is 12.1 Å². The molecule has 24 heavy (non-hydrogen) atoms. The van der Waals surface area contributed by atoms with E-state index < -0.39 is 11.9 Å². The number of ether oxygens (including phenoxy) is 1. The van der Waals surface area contributed by atoms with Gasteiger partial charge in [-0.3, -0.25) is 9.59 Å². The molecule has 6 nitrogen and oxygen atoms in total. The molecule has 1 aliphatic rings. The van der Waals surface area contributed by atoms with E-state index in [-0.39, 0.29) is 18.3 Å². The molecule has 1 atom stereocenters. The molecule has 124 valence electrons. The van der Waals surface area contributed by atoms with Gasteiger partial charge in [-0.25, -0.2) is 4.98 Å². The molecule has 1 amide bonds. The van der Waals surface area contributed by atoms with E-state index in [1.165, 1.54) is 12.0 Å². The summed E-state index contributed by atoms with van der Waals surface area (Å²) in [5.74, 6) is -1.69. The van der Waals surface area contributed by atoms with Crippen LogP contribution in [0.1, 0.15) is 33.1 Å². The van der Waals surface area contributed by atoms with Gasteiger partial charge in [-0.15, -0.1) is 0 Å². The summed E-state index contributed by atoms with van der Waals surface area (Å²) in [5.41, 5.74) is 2.70. The molecule has 1 N–H and O–H groups in total. The highest BCUT2D eigenvalue weighted by molar-refractivity contribution is 5.97. The number of methoxy groups -OCH3 is 1. The summed E-state index contributed by atoms with van der Waals surface area (Å²) in [7, 11) is 1.46. The minimum absolute atomic E-state index is 0.127. The molecule has 0 saturated heterocycles. The van der Waals surface area contributed by atoms with Crippen molar-refractivity contribution in [2.24, 2.45) is 0 Å². The molecule has 0 radical (unpaired) electrons. The van der Waals surface area contributed by atoms with Crippen molar-refractivity contribution in [1.29, 1.82) is 0 Å². The number of aromatic nitrogens is 1. The minimum atomic E-state index is -0.936. The lowest BCUT2D eigenvalue weighted by Gasteiger charge is -2.33. The normalized spacial score (nSPS) is 16.4. The van der Waals surface area contributed by atoms with E-state index in [1.807, 2.05) is 31.2 Å². The second-order valence-corrected chi connectivity index (χ2v) is 5.78. The second kappa shape index (κ2) is 6.31. The molecule has 0 fully saturated rings. The van der Waals surface area contributed by atoms with Crippen LogP contribution in [0.2, 0.25) is 0 Å². The highest BCUT2D eigenvalue weighted by Crippen LogP contribution is 2.30. The summed E-state index contributed by atoms with van der Waals surface area (Å²) in [6, 6.07) is 10.7. The van der Waals surface area contributed by atoms with Gasteiger partial charge in [0.05, 0.1) is 13.0 Å². The number of fused-ring (bicyclic) bond motifs is 1. The number of carbonyl (C=O) groups excluding carboxylic acids is 1. The van der Waals surface area contributed by atoms with Crippen molar-refractivity contribution in [3.05, 3.63) is 58.8 Å². The summed E-state index contributed by atoms with van der Waals surface area (Å²) in [6.45, 7) is 2.31. The standard InChI is InChI=1S/C18H18N2O4/c1-11-7-8-14(16(19-11)24-2)17(21)20-9-12-5-3-4-6-13(12)15(10-20)18(22)23/h3-8,15H,9-10H2,1-2H3,(H,22,23). The Morgan fingerprint density at radius 2 is 2.00 bits per heavy atom. The Balaban J connectivity index is 1.96. The zero-order valence-corrected chi connectivity index (χ0v) is 13.5. The van der Waals surface area contributed by atoms with Crippen LogP contribution in [0.4, 0.5) is 0 Å². The Morgan fingerprint density at radius 3 is 2.71 bits per heavy atom. The molecule has 0 bridgehead atoms. The van der Waals surface area contributed by atoms with Crippen LogP contribution < -0.4 is 4.74 Å². The van der Waals surface area contributed by atoms with Gasteiger partial charge in [-0.1, -0.05) is 24.3 Å². The van der Waals surface area contributed by atoms with Gasteiger partial charge in [0.1, 0.15) is 5.56 Å². The van der Waals surface area contributed by atoms with Crippen LogP contribution in [0.5, 0.6) is 5.88 Å². The lowest BCUT2D eigenvalue weighted by atomic mass is 9.89. The minimum Gasteiger partial charge on any atom is -0.481 e. The number of nitrogens with zero attached hydrogens (tertiary/aromatic N) is 2. The van der Waals surface area contributed by atoms with Crippen molar-refractivity contribution >= 4 is 11.9 Å². The fourth-order valence-electron chi connectivity index (χ4n) is 2.99. The maximum atomic E-state index is 12.9. The predicted molar refractivity (Wildman–Crippen MR) is 87.1 cm³/mol. The molecule has 6 heteroatoms. The molecular formula is C18H18N2O4. The van der Waals surface area contributed by atoms with Gasteiger partial charge in [0.25, 0.3) is 5.91 Å². The van der Waals surface area contributed by atoms with Crippen LogP contribution in [-0.2, 0) is 11.3 Å². The molecule has 0 saturated carbocycles. The van der Waals surface area contributed by atoms with Crippen LogP contribution in [0, 0.1) is 6.92 Å². The van der Waals surface area contributed by atoms with Crippen LogP contribution >= 0.6 is 0 Å². The largest absolute Gasteiger partial charge is 0.481 e. The Kier molecular flexibility index (Phi) is 4.20. The van der Waals surface area contributed by atoms with E-state index in [0.717, 1.165) is 16.8 Å². The van der Waals surface area contributed by atoms with E-state index in [1.54, 1.807) is 12.1 Å². The molecule has 1 aliphatic heterocycles. The number of carboxylic acid groups (broad SMARTS) is 1. The zero-order valence-electron chi connectivity index (χ0n) is 13.5. The zero-order chi connectivity index (χ0) is 17.3. The first-order valence-electron chi connectivity index (χ1n) is 7.62. The second-order valence-electron chi connectivity index (χ2n) is 5.78. The average Bonchev–Trinajstić information content (AvgIpc) is 2.59. The predicted octanol–water partition coefficient (Wildman–Crippen LogP) is 2.22. The lowest BCUT2D eigenvalue weighted by Crippen LogP contribution is -2.40. The average molecular weight is 326 g/mol. The van der Waals surface area contributed by atoms with Crippen molar-refractivity contribution in [1.82, 2.24) is 9.88 Å². The van der Waals surface area contributed by atoms with Crippen molar-refractivity contribution in [2.45, 2.75) is 19.4 Å². The summed E-state index contributed by atoms with van der Waals surface area (Å²) >= 11 is 0. The molecule has 0 aliphatic carbocycles. The topological polar surface area (TPSA) is 79.7 Å². The van der Waals surface area contributed by atoms with E-state index in [4.69, 9.17) is 4.74 Å². The molecule has 1 aromatic heterocycles. The first kappa shape index (κ1) is 16.0. The van der Waals surface area contributed by atoms with Crippen molar-refractivity contribution in [3.8, 4) is 5.88 Å². The molecule has 2 heterocycles. The summed E-state index contributed by atoms with van der Waals surface area (Å²) in [5, 5.41) is 9.52. The third-order valence-electron chi connectivity index (χ3n) is 4.20. The monoisotopic (exact) mass is 326 g/mol. The van der Waals surface area contributed by atoms with Crippen LogP contribution in [0.25, 0.3) is 0 Å². The maximum absolute atomic E-state index is 12.9. The number of rotatable bonds is 3. The maximum Gasteiger partial charge on any atom is 0.312 e. The Bertz CT molecular complexity index is 803. The van der Waals surface area contributed by atoms with Crippen LogP contribution in [0.3, 0.4) is 0 Å². The van der Waals surface area contributed by atoms with E-state index in [2.05, 4.69) is 4.98 Å². The third-order valence-corrected chi connectivity index (χ3v) is 4.20. The number of aliphatic carboxylic acids is 1. The first-order chi connectivity index (χ1) is 11.5. The number of benzene rings is 1. The van der Waals surface area contributed by atoms with Crippen molar-refractivity contribution in [3.63, 3.8) is 0 Å². The Labute approximate surface area is 139 Å². The first-order valence-corrected chi connectivity index (χ1v) is 7.62. The molecule has 2 aromatic rings. The highest BCUT2D eigenvalue weighted by atomic mass is 16.5. The number of pyridine rings is 1. The van der Waals surface area contributed by atoms with Crippen LogP contribution in [-0.4, -0.2) is 40.5 Å². The molecule has 1 unspecified atom stereocenters. The molecule has 1 aromatic carbocycles. The van der Waals surface area contributed by atoms with Gasteiger partial charge in [0.15, 0.2) is 0 Å². The highest BCUT2D eigenvalue weighted by Gasteiger charge is 2.33. The summed E-state index contributed by atoms with van der Waals surface area (Å²) < 4.78 is 5.21. The van der Waals surface area contributed by atoms with Gasteiger partial charge in [-0.05, 0) is 30.2 Å². The van der Waals surface area contributed by atoms with Gasteiger partial charge in [-0.2, -0.15) is 0 Å². The Morgan fingerprint density at radius 1 is 1.25 bits per heavy atom. The SMILES string of the molecule is COc1nc(C)ccc1C(=O)N1Cc2ccccc2C(C(=O)O)C1. The number of hydrogen-bond acceptors (Lipinski definition) is 4. The Hall–Kier alpha value is -2.89. The molecule has 0 spiro atoms. The fourth-order valence-corrected chi connectivity index (χ4v) is 2.99. The quantitative estimate of drug-likeness (QED) is 0.935. The number of aryl methyl sites for hydroxylation is 1. The van der Waals surface area contributed by atoms with Gasteiger partial charge < -0.3 is 14.7 Å². The number of carboxylic acids is 1. The third kappa shape index (κ3) is 2.82. The van der Waals surface area contributed by atoms with Gasteiger partial charge in [0.2, 0.25) is 5.88 Å². The van der Waals surface area contributed by atoms with Crippen molar-refractivity contribution < 1.29 is 19.4 Å². The van der Waals surface area contributed by atoms with Gasteiger partial charge in [0, 0.05) is 18.8 Å². The lowest BCUT2D eigenvalue weighted by molar-refractivity contribution is -0.139. The molecular weight excluding hydrogens is 308 g/mol. The summed E-state index contributed by atoms with van der Waals surface area (Å²) in [4.78, 5) is 30.3. The van der Waals surface area contributed by atoms with Crippen LogP contribution in [0.15, 0.2) is 36.4 Å². The fraction of sp³-hybridized carbons (Fsp3) is 0.278. The number of carbonyl (C=O) groups is 2. The van der Waals surface area contributed by atoms with Gasteiger partial charge >= 0.3 is 5.97 Å². The molecule has 3 rings (SSSR count).